The van der Waals surface area contributed by atoms with E-state index in [-0.39, 0.29) is 0 Å². The highest BCUT2D eigenvalue weighted by atomic mass is 16.5. The molecule has 0 aliphatic heterocycles. The molecule has 2 rings (SSSR count). The average Bonchev–Trinajstić information content (AvgIpc) is 2.60. The van der Waals surface area contributed by atoms with Crippen LogP contribution in [0.25, 0.3) is 0 Å². The molecule has 2 aliphatic rings. The highest BCUT2D eigenvalue weighted by Crippen LogP contribution is 2.49. The van der Waals surface area contributed by atoms with Crippen LogP contribution in [0.5, 0.6) is 0 Å². The van der Waals surface area contributed by atoms with Gasteiger partial charge in [0, 0.05) is 5.92 Å². The molecule has 2 bridgehead atoms. The highest BCUT2D eigenvalue weighted by Gasteiger charge is 2.43. The summed E-state index contributed by atoms with van der Waals surface area (Å²) in [5.41, 5.74) is 1.65. The fraction of sp³-hybridized carbons (Fsp3) is 0.833. The van der Waals surface area contributed by atoms with Crippen molar-refractivity contribution in [2.24, 2.45) is 11.8 Å². The SMILES string of the molecule is C/C=C1\C[C@@H]2C[C@H](OC(C)C)[C@H]1C2. The summed E-state index contributed by atoms with van der Waals surface area (Å²) >= 11 is 0. The van der Waals surface area contributed by atoms with Gasteiger partial charge in [0.15, 0.2) is 0 Å². The largest absolute Gasteiger partial charge is 0.375 e. The third-order valence-electron chi connectivity index (χ3n) is 3.42. The normalized spacial score (nSPS) is 40.9. The molecule has 0 amide bonds. The van der Waals surface area contributed by atoms with E-state index in [0.29, 0.717) is 12.2 Å². The van der Waals surface area contributed by atoms with Gasteiger partial charge in [0.1, 0.15) is 0 Å². The predicted molar refractivity (Wildman–Crippen MR) is 54.6 cm³/mol. The fourth-order valence-electron chi connectivity index (χ4n) is 2.97. The summed E-state index contributed by atoms with van der Waals surface area (Å²) in [6, 6.07) is 0. The molecule has 3 atom stereocenters. The molecular weight excluding hydrogens is 160 g/mol. The minimum Gasteiger partial charge on any atom is -0.375 e. The number of allylic oxidation sites excluding steroid dienone is 1. The van der Waals surface area contributed by atoms with Crippen LogP contribution in [0.4, 0.5) is 0 Å². The maximum Gasteiger partial charge on any atom is 0.0646 e. The first-order valence-electron chi connectivity index (χ1n) is 5.51. The van der Waals surface area contributed by atoms with Crippen LogP contribution in [0.1, 0.15) is 40.0 Å². The van der Waals surface area contributed by atoms with Crippen molar-refractivity contribution in [3.63, 3.8) is 0 Å². The van der Waals surface area contributed by atoms with Crippen LogP contribution < -0.4 is 0 Å². The molecule has 0 aromatic rings. The van der Waals surface area contributed by atoms with E-state index in [1.807, 2.05) is 0 Å². The molecule has 0 aromatic heterocycles. The Kier molecular flexibility index (Phi) is 2.46. The molecule has 1 heteroatoms. The van der Waals surface area contributed by atoms with E-state index in [9.17, 15) is 0 Å². The van der Waals surface area contributed by atoms with E-state index < -0.39 is 0 Å². The van der Waals surface area contributed by atoms with Crippen molar-refractivity contribution in [2.45, 2.75) is 52.2 Å². The van der Waals surface area contributed by atoms with Gasteiger partial charge in [-0.05, 0) is 46.0 Å². The van der Waals surface area contributed by atoms with Gasteiger partial charge in [-0.25, -0.2) is 0 Å². The minimum absolute atomic E-state index is 0.391. The van der Waals surface area contributed by atoms with Gasteiger partial charge in [0.25, 0.3) is 0 Å². The lowest BCUT2D eigenvalue weighted by atomic mass is 9.92. The summed E-state index contributed by atoms with van der Waals surface area (Å²) in [7, 11) is 0. The number of hydrogen-bond donors (Lipinski definition) is 0. The first kappa shape index (κ1) is 9.26. The maximum absolute atomic E-state index is 5.94. The fourth-order valence-corrected chi connectivity index (χ4v) is 2.97. The molecule has 0 spiro atoms. The van der Waals surface area contributed by atoms with Crippen LogP contribution in [-0.4, -0.2) is 12.2 Å². The molecule has 74 valence electrons. The van der Waals surface area contributed by atoms with E-state index in [0.717, 1.165) is 11.8 Å². The molecule has 0 radical (unpaired) electrons. The second-order valence-corrected chi connectivity index (χ2v) is 4.73. The highest BCUT2D eigenvalue weighted by molar-refractivity contribution is 5.18. The lowest BCUT2D eigenvalue weighted by Gasteiger charge is -2.26. The average molecular weight is 180 g/mol. The summed E-state index contributed by atoms with van der Waals surface area (Å²) in [5.74, 6) is 1.69. The number of fused-ring (bicyclic) bond motifs is 2. The van der Waals surface area contributed by atoms with E-state index in [1.54, 1.807) is 5.57 Å². The van der Waals surface area contributed by atoms with Crippen LogP contribution in [-0.2, 0) is 4.74 Å². The van der Waals surface area contributed by atoms with Crippen molar-refractivity contribution in [1.29, 1.82) is 0 Å². The first-order valence-corrected chi connectivity index (χ1v) is 5.51. The van der Waals surface area contributed by atoms with E-state index in [1.165, 1.54) is 19.3 Å². The van der Waals surface area contributed by atoms with Crippen LogP contribution in [0.15, 0.2) is 11.6 Å². The van der Waals surface area contributed by atoms with Crippen molar-refractivity contribution in [3.05, 3.63) is 11.6 Å². The van der Waals surface area contributed by atoms with Gasteiger partial charge in [-0.2, -0.15) is 0 Å². The molecule has 0 unspecified atom stereocenters. The topological polar surface area (TPSA) is 9.23 Å². The van der Waals surface area contributed by atoms with Crippen molar-refractivity contribution in [1.82, 2.24) is 0 Å². The van der Waals surface area contributed by atoms with Crippen LogP contribution in [0, 0.1) is 11.8 Å². The predicted octanol–water partition coefficient (Wildman–Crippen LogP) is 3.16. The van der Waals surface area contributed by atoms with Gasteiger partial charge in [-0.1, -0.05) is 11.6 Å². The summed E-state index contributed by atoms with van der Waals surface area (Å²) in [6.07, 6.45) is 7.27. The second kappa shape index (κ2) is 3.45. The van der Waals surface area contributed by atoms with Crippen LogP contribution >= 0.6 is 0 Å². The minimum atomic E-state index is 0.391. The van der Waals surface area contributed by atoms with Gasteiger partial charge >= 0.3 is 0 Å². The lowest BCUT2D eigenvalue weighted by molar-refractivity contribution is -0.0116. The first-order chi connectivity index (χ1) is 6.20. The molecular formula is C12H20O. The van der Waals surface area contributed by atoms with Gasteiger partial charge in [0.05, 0.1) is 12.2 Å². The Bertz CT molecular complexity index is 217. The van der Waals surface area contributed by atoms with Gasteiger partial charge in [0.2, 0.25) is 0 Å². The molecule has 1 nitrogen and oxygen atoms in total. The summed E-state index contributed by atoms with van der Waals surface area (Å²) in [4.78, 5) is 0. The zero-order valence-electron chi connectivity index (χ0n) is 8.92. The van der Waals surface area contributed by atoms with Gasteiger partial charge < -0.3 is 4.74 Å². The molecule has 2 aliphatic carbocycles. The number of ether oxygens (including phenoxy) is 1. The zero-order chi connectivity index (χ0) is 9.42. The molecule has 0 saturated heterocycles. The standard InChI is InChI=1S/C12H20O/c1-4-10-5-9-6-11(10)12(7-9)13-8(2)3/h4,8-9,11-12H,5-7H2,1-3H3/b10-4+/t9-,11-,12-/m0/s1. The number of hydrogen-bond acceptors (Lipinski definition) is 1. The molecule has 2 fully saturated rings. The summed E-state index contributed by atoms with van der Waals surface area (Å²) < 4.78 is 5.94. The van der Waals surface area contributed by atoms with Crippen molar-refractivity contribution in [2.75, 3.05) is 0 Å². The molecule has 13 heavy (non-hydrogen) atoms. The Morgan fingerprint density at radius 2 is 2.15 bits per heavy atom. The van der Waals surface area contributed by atoms with Crippen molar-refractivity contribution >= 4 is 0 Å². The zero-order valence-corrected chi connectivity index (χ0v) is 8.92. The summed E-state index contributed by atoms with van der Waals surface area (Å²) in [6.45, 7) is 6.45. The Balaban J connectivity index is 2.02. The van der Waals surface area contributed by atoms with Crippen LogP contribution in [0.3, 0.4) is 0 Å². The molecule has 0 N–H and O–H groups in total. The Labute approximate surface area is 81.2 Å². The summed E-state index contributed by atoms with van der Waals surface area (Å²) in [5, 5.41) is 0. The van der Waals surface area contributed by atoms with Gasteiger partial charge in [-0.3, -0.25) is 0 Å². The van der Waals surface area contributed by atoms with Crippen LogP contribution in [0.2, 0.25) is 0 Å². The third-order valence-corrected chi connectivity index (χ3v) is 3.42. The molecule has 0 aromatic carbocycles. The monoisotopic (exact) mass is 180 g/mol. The van der Waals surface area contributed by atoms with E-state index in [4.69, 9.17) is 4.74 Å². The van der Waals surface area contributed by atoms with Gasteiger partial charge in [-0.15, -0.1) is 0 Å². The Morgan fingerprint density at radius 3 is 2.69 bits per heavy atom. The third kappa shape index (κ3) is 1.67. The van der Waals surface area contributed by atoms with Crippen molar-refractivity contribution in [3.8, 4) is 0 Å². The van der Waals surface area contributed by atoms with Crippen molar-refractivity contribution < 1.29 is 4.74 Å². The quantitative estimate of drug-likeness (QED) is 0.593. The van der Waals surface area contributed by atoms with E-state index >= 15 is 0 Å². The molecule has 2 saturated carbocycles. The molecule has 0 heterocycles. The Morgan fingerprint density at radius 1 is 1.38 bits per heavy atom. The van der Waals surface area contributed by atoms with E-state index in [2.05, 4.69) is 26.8 Å². The maximum atomic E-state index is 5.94. The number of rotatable bonds is 2. The smallest absolute Gasteiger partial charge is 0.0646 e. The second-order valence-electron chi connectivity index (χ2n) is 4.73. The lowest BCUT2D eigenvalue weighted by Crippen LogP contribution is -2.25. The Hall–Kier alpha value is -0.300.